The lowest BCUT2D eigenvalue weighted by molar-refractivity contribution is -0.144. The number of carbonyl (C=O) groups excluding carboxylic acids is 2. The smallest absolute Gasteiger partial charge is 0.416 e. The highest BCUT2D eigenvalue weighted by Crippen LogP contribution is 2.34. The second kappa shape index (κ2) is 9.26. The van der Waals surface area contributed by atoms with Crippen LogP contribution in [0.1, 0.15) is 29.8 Å². The van der Waals surface area contributed by atoms with Gasteiger partial charge in [0.1, 0.15) is 11.9 Å². The van der Waals surface area contributed by atoms with Crippen LogP contribution in [0.2, 0.25) is 5.02 Å². The summed E-state index contributed by atoms with van der Waals surface area (Å²) in [6.07, 6.45) is -4.54. The number of ketones is 1. The summed E-state index contributed by atoms with van der Waals surface area (Å²) < 4.78 is 56.2. The van der Waals surface area contributed by atoms with Crippen LogP contribution in [0.3, 0.4) is 0 Å². The summed E-state index contributed by atoms with van der Waals surface area (Å²) in [5.41, 5.74) is -0.610. The molecule has 4 nitrogen and oxygen atoms in total. The maximum atomic E-state index is 12.9. The molecule has 0 saturated heterocycles. The van der Waals surface area contributed by atoms with Crippen LogP contribution in [0.25, 0.3) is 0 Å². The number of anilines is 1. The number of esters is 1. The first-order valence-electron chi connectivity index (χ1n) is 8.57. The van der Waals surface area contributed by atoms with Crippen molar-refractivity contribution in [2.24, 2.45) is 5.92 Å². The summed E-state index contributed by atoms with van der Waals surface area (Å²) in [7, 11) is 0. The first-order chi connectivity index (χ1) is 13.5. The van der Waals surface area contributed by atoms with Crippen LogP contribution in [0, 0.1) is 11.7 Å². The molecule has 0 spiro atoms. The SMILES string of the molecule is CC(C)C(Nc1ccc(C(F)(F)F)cc1Cl)C(=O)OCC(=O)c1ccc(F)cc1. The molecule has 0 aromatic heterocycles. The van der Waals surface area contributed by atoms with E-state index in [2.05, 4.69) is 5.32 Å². The van der Waals surface area contributed by atoms with E-state index in [1.54, 1.807) is 13.8 Å². The van der Waals surface area contributed by atoms with Gasteiger partial charge in [-0.1, -0.05) is 25.4 Å². The molecule has 2 aromatic carbocycles. The van der Waals surface area contributed by atoms with Crippen molar-refractivity contribution in [3.63, 3.8) is 0 Å². The van der Waals surface area contributed by atoms with Gasteiger partial charge in [0, 0.05) is 5.56 Å². The Kier molecular flexibility index (Phi) is 7.24. The van der Waals surface area contributed by atoms with Gasteiger partial charge < -0.3 is 10.1 Å². The van der Waals surface area contributed by atoms with E-state index in [1.165, 1.54) is 12.1 Å². The molecule has 9 heteroatoms. The highest BCUT2D eigenvalue weighted by molar-refractivity contribution is 6.33. The van der Waals surface area contributed by atoms with Crippen LogP contribution in [0.5, 0.6) is 0 Å². The van der Waals surface area contributed by atoms with Gasteiger partial charge in [-0.2, -0.15) is 13.2 Å². The summed E-state index contributed by atoms with van der Waals surface area (Å²) in [5, 5.41) is 2.55. The number of carbonyl (C=O) groups is 2. The molecule has 0 saturated carbocycles. The Morgan fingerprint density at radius 2 is 1.72 bits per heavy atom. The van der Waals surface area contributed by atoms with Crippen molar-refractivity contribution in [2.75, 3.05) is 11.9 Å². The quantitative estimate of drug-likeness (QED) is 0.364. The molecule has 2 aromatic rings. The summed E-state index contributed by atoms with van der Waals surface area (Å²) in [6.45, 7) is 2.83. The summed E-state index contributed by atoms with van der Waals surface area (Å²) in [4.78, 5) is 24.4. The lowest BCUT2D eigenvalue weighted by Crippen LogP contribution is -2.37. The highest BCUT2D eigenvalue weighted by Gasteiger charge is 2.31. The van der Waals surface area contributed by atoms with Crippen LogP contribution in [0.4, 0.5) is 23.2 Å². The number of hydrogen-bond donors (Lipinski definition) is 1. The van der Waals surface area contributed by atoms with Crippen molar-refractivity contribution in [3.8, 4) is 0 Å². The molecule has 0 aliphatic heterocycles. The van der Waals surface area contributed by atoms with Crippen LogP contribution < -0.4 is 5.32 Å². The summed E-state index contributed by atoms with van der Waals surface area (Å²) in [5.74, 6) is -2.11. The minimum Gasteiger partial charge on any atom is -0.456 e. The van der Waals surface area contributed by atoms with E-state index in [0.717, 1.165) is 30.3 Å². The largest absolute Gasteiger partial charge is 0.456 e. The molecular weight excluding hydrogens is 414 g/mol. The minimum atomic E-state index is -4.54. The van der Waals surface area contributed by atoms with Gasteiger partial charge in [0.2, 0.25) is 0 Å². The van der Waals surface area contributed by atoms with E-state index in [9.17, 15) is 27.2 Å². The van der Waals surface area contributed by atoms with E-state index >= 15 is 0 Å². The van der Waals surface area contributed by atoms with Gasteiger partial charge in [-0.05, 0) is 48.4 Å². The van der Waals surface area contributed by atoms with Gasteiger partial charge in [-0.25, -0.2) is 9.18 Å². The molecule has 1 N–H and O–H groups in total. The average molecular weight is 432 g/mol. The van der Waals surface area contributed by atoms with Crippen molar-refractivity contribution >= 4 is 29.0 Å². The maximum absolute atomic E-state index is 12.9. The van der Waals surface area contributed by atoms with Crippen LogP contribution in [-0.4, -0.2) is 24.4 Å². The molecule has 0 radical (unpaired) electrons. The predicted octanol–water partition coefficient (Wildman–Crippen LogP) is 5.36. The molecule has 0 fully saturated rings. The predicted molar refractivity (Wildman–Crippen MR) is 100 cm³/mol. The minimum absolute atomic E-state index is 0.125. The Hall–Kier alpha value is -2.61. The molecule has 0 aliphatic rings. The zero-order valence-corrected chi connectivity index (χ0v) is 16.3. The molecule has 0 amide bonds. The molecule has 1 atom stereocenters. The van der Waals surface area contributed by atoms with Crippen molar-refractivity contribution in [1.29, 1.82) is 0 Å². The maximum Gasteiger partial charge on any atom is 0.416 e. The molecule has 156 valence electrons. The van der Waals surface area contributed by atoms with E-state index in [4.69, 9.17) is 16.3 Å². The molecule has 1 unspecified atom stereocenters. The zero-order chi connectivity index (χ0) is 21.8. The van der Waals surface area contributed by atoms with Gasteiger partial charge in [0.05, 0.1) is 16.3 Å². The molecule has 29 heavy (non-hydrogen) atoms. The third kappa shape index (κ3) is 6.19. The lowest BCUT2D eigenvalue weighted by atomic mass is 10.0. The number of halogens is 5. The molecule has 0 heterocycles. The third-order valence-electron chi connectivity index (χ3n) is 4.04. The molecular formula is C20H18ClF4NO3. The average Bonchev–Trinajstić information content (AvgIpc) is 2.64. The lowest BCUT2D eigenvalue weighted by Gasteiger charge is -2.22. The molecule has 0 aliphatic carbocycles. The number of alkyl halides is 3. The van der Waals surface area contributed by atoms with Crippen LogP contribution >= 0.6 is 11.6 Å². The first kappa shape index (κ1) is 22.7. The number of rotatable bonds is 7. The van der Waals surface area contributed by atoms with E-state index in [-0.39, 0.29) is 22.2 Å². The normalized spacial score (nSPS) is 12.6. The Bertz CT molecular complexity index is 882. The standard InChI is InChI=1S/C20H18ClF4NO3/c1-11(2)18(26-16-8-5-13(9-15(16)21)20(23,24)25)19(28)29-10-17(27)12-3-6-14(22)7-4-12/h3-9,11,18,26H,10H2,1-2H3. The highest BCUT2D eigenvalue weighted by atomic mass is 35.5. The van der Waals surface area contributed by atoms with Crippen LogP contribution in [-0.2, 0) is 15.7 Å². The second-order valence-corrected chi connectivity index (χ2v) is 7.00. The third-order valence-corrected chi connectivity index (χ3v) is 4.35. The number of Topliss-reactive ketones (excluding diaryl/α,β-unsaturated/α-hetero) is 1. The van der Waals surface area contributed by atoms with Crippen molar-refractivity contribution < 1.29 is 31.9 Å². The summed E-state index contributed by atoms with van der Waals surface area (Å²) in [6, 6.07) is 6.53. The Labute approximate surface area is 169 Å². The van der Waals surface area contributed by atoms with Gasteiger partial charge in [0.25, 0.3) is 0 Å². The fourth-order valence-electron chi connectivity index (χ4n) is 2.42. The first-order valence-corrected chi connectivity index (χ1v) is 8.95. The number of benzene rings is 2. The molecule has 0 bridgehead atoms. The summed E-state index contributed by atoms with van der Waals surface area (Å²) >= 11 is 5.91. The number of nitrogens with one attached hydrogen (secondary N) is 1. The van der Waals surface area contributed by atoms with E-state index < -0.39 is 42.0 Å². The molecule has 2 rings (SSSR count). The van der Waals surface area contributed by atoms with Crippen LogP contribution in [0.15, 0.2) is 42.5 Å². The van der Waals surface area contributed by atoms with Gasteiger partial charge in [-0.3, -0.25) is 4.79 Å². The van der Waals surface area contributed by atoms with E-state index in [1.807, 2.05) is 0 Å². The Balaban J connectivity index is 2.06. The van der Waals surface area contributed by atoms with Gasteiger partial charge in [-0.15, -0.1) is 0 Å². The topological polar surface area (TPSA) is 55.4 Å². The Morgan fingerprint density at radius 3 is 2.24 bits per heavy atom. The zero-order valence-electron chi connectivity index (χ0n) is 15.5. The number of ether oxygens (including phenoxy) is 1. The second-order valence-electron chi connectivity index (χ2n) is 6.60. The fraction of sp³-hybridized carbons (Fsp3) is 0.300. The fourth-order valence-corrected chi connectivity index (χ4v) is 2.65. The van der Waals surface area contributed by atoms with Crippen molar-refractivity contribution in [1.82, 2.24) is 0 Å². The van der Waals surface area contributed by atoms with Gasteiger partial charge >= 0.3 is 12.1 Å². The Morgan fingerprint density at radius 1 is 1.10 bits per heavy atom. The van der Waals surface area contributed by atoms with Gasteiger partial charge in [0.15, 0.2) is 12.4 Å². The number of hydrogen-bond acceptors (Lipinski definition) is 4. The monoisotopic (exact) mass is 431 g/mol. The van der Waals surface area contributed by atoms with Crippen molar-refractivity contribution in [3.05, 3.63) is 64.4 Å². The van der Waals surface area contributed by atoms with E-state index in [0.29, 0.717) is 0 Å². The van der Waals surface area contributed by atoms with Crippen molar-refractivity contribution in [2.45, 2.75) is 26.1 Å².